The summed E-state index contributed by atoms with van der Waals surface area (Å²) >= 11 is 0. The van der Waals surface area contributed by atoms with Crippen LogP contribution in [0.2, 0.25) is 0 Å². The Balaban J connectivity index is 0. The molecule has 0 aromatic carbocycles. The molecule has 0 unspecified atom stereocenters. The van der Waals surface area contributed by atoms with Gasteiger partial charge in [0.2, 0.25) is 0 Å². The molecule has 0 spiro atoms. The van der Waals surface area contributed by atoms with E-state index in [1.54, 1.807) is 0 Å². The average molecular weight is 192 g/mol. The quantitative estimate of drug-likeness (QED) is 0.590. The molecule has 0 heterocycles. The molecular formula is C6H16OSr. The van der Waals surface area contributed by atoms with Crippen molar-refractivity contribution in [3.05, 3.63) is 0 Å². The molecule has 0 rings (SSSR count). The molecule has 0 radical (unpaired) electrons. The van der Waals surface area contributed by atoms with E-state index < -0.39 is 0 Å². The Morgan fingerprint density at radius 3 is 1.12 bits per heavy atom. The van der Waals surface area contributed by atoms with Gasteiger partial charge in [0.1, 0.15) is 0 Å². The van der Waals surface area contributed by atoms with Gasteiger partial charge in [-0.2, -0.15) is 0 Å². The van der Waals surface area contributed by atoms with Crippen molar-refractivity contribution in [3.8, 4) is 0 Å². The summed E-state index contributed by atoms with van der Waals surface area (Å²) in [5.74, 6) is 0. The zero-order chi connectivity index (χ0) is 5.86. The fourth-order valence-corrected chi connectivity index (χ4v) is 0.544. The van der Waals surface area contributed by atoms with Gasteiger partial charge >= 0.3 is 45.5 Å². The maximum absolute atomic E-state index is 5.25. The third-order valence-corrected chi connectivity index (χ3v) is 0.544. The first kappa shape index (κ1) is 12.1. The van der Waals surface area contributed by atoms with Gasteiger partial charge in [0.05, 0.1) is 12.2 Å². The summed E-state index contributed by atoms with van der Waals surface area (Å²) in [6, 6.07) is 0. The van der Waals surface area contributed by atoms with Crippen LogP contribution in [0.25, 0.3) is 0 Å². The van der Waals surface area contributed by atoms with Gasteiger partial charge in [0.25, 0.3) is 0 Å². The maximum atomic E-state index is 5.25. The van der Waals surface area contributed by atoms with Crippen LogP contribution < -0.4 is 0 Å². The molecule has 0 bridgehead atoms. The van der Waals surface area contributed by atoms with E-state index in [1.807, 2.05) is 27.7 Å². The summed E-state index contributed by atoms with van der Waals surface area (Å²) in [6.07, 6.45) is 0.750. The molecule has 0 N–H and O–H groups in total. The van der Waals surface area contributed by atoms with Crippen molar-refractivity contribution in [3.63, 3.8) is 0 Å². The molecule has 8 heavy (non-hydrogen) atoms. The SMILES string of the molecule is CC(C)OC(C)C.[SrH2]. The van der Waals surface area contributed by atoms with E-state index in [0.717, 1.165) is 0 Å². The molecule has 0 aliphatic heterocycles. The average Bonchev–Trinajstić information content (AvgIpc) is 1.27. The van der Waals surface area contributed by atoms with Gasteiger partial charge in [-0.15, -0.1) is 0 Å². The molecule has 1 nitrogen and oxygen atoms in total. The molecule has 2 heteroatoms. The fourth-order valence-electron chi connectivity index (χ4n) is 0.544. The molecule has 0 saturated carbocycles. The van der Waals surface area contributed by atoms with Crippen LogP contribution >= 0.6 is 0 Å². The molecule has 0 aromatic heterocycles. The molecule has 0 atom stereocenters. The standard InChI is InChI=1S/C6H14O.Sr.2H/c1-5(2)7-6(3)4;;;/h5-6H,1-4H3;;;. The van der Waals surface area contributed by atoms with E-state index in [1.165, 1.54) is 0 Å². The molecule has 0 aliphatic carbocycles. The summed E-state index contributed by atoms with van der Waals surface area (Å²) in [5.41, 5.74) is 0. The van der Waals surface area contributed by atoms with E-state index in [-0.39, 0.29) is 45.5 Å². The topological polar surface area (TPSA) is 9.23 Å². The Morgan fingerprint density at radius 2 is 1.12 bits per heavy atom. The van der Waals surface area contributed by atoms with Crippen LogP contribution in [0.5, 0.6) is 0 Å². The Labute approximate surface area is 89.1 Å². The third-order valence-electron chi connectivity index (χ3n) is 0.544. The Bertz CT molecular complexity index is 37.8. The Morgan fingerprint density at radius 1 is 0.875 bits per heavy atom. The first-order valence-electron chi connectivity index (χ1n) is 2.78. The summed E-state index contributed by atoms with van der Waals surface area (Å²) in [4.78, 5) is 0. The van der Waals surface area contributed by atoms with Gasteiger partial charge in [-0.05, 0) is 27.7 Å². The van der Waals surface area contributed by atoms with Crippen LogP contribution in [0.1, 0.15) is 27.7 Å². The van der Waals surface area contributed by atoms with Gasteiger partial charge in [-0.3, -0.25) is 0 Å². The van der Waals surface area contributed by atoms with E-state index in [4.69, 9.17) is 4.74 Å². The van der Waals surface area contributed by atoms with Crippen molar-refractivity contribution in [2.24, 2.45) is 0 Å². The molecule has 0 aromatic rings. The van der Waals surface area contributed by atoms with Gasteiger partial charge in [0.15, 0.2) is 0 Å². The van der Waals surface area contributed by atoms with Crippen LogP contribution in [0, 0.1) is 0 Å². The molecule has 48 valence electrons. The van der Waals surface area contributed by atoms with Gasteiger partial charge in [-0.25, -0.2) is 0 Å². The summed E-state index contributed by atoms with van der Waals surface area (Å²) in [6.45, 7) is 8.17. The van der Waals surface area contributed by atoms with E-state index in [0.29, 0.717) is 12.2 Å². The van der Waals surface area contributed by atoms with Crippen molar-refractivity contribution in [1.82, 2.24) is 0 Å². The first-order chi connectivity index (χ1) is 3.13. The Kier molecular flexibility index (Phi) is 9.96. The Hall–Kier alpha value is 1.44. The summed E-state index contributed by atoms with van der Waals surface area (Å²) in [5, 5.41) is 0. The number of hydrogen-bond acceptors (Lipinski definition) is 1. The first-order valence-corrected chi connectivity index (χ1v) is 2.78. The second-order valence-electron chi connectivity index (χ2n) is 2.23. The van der Waals surface area contributed by atoms with Crippen LogP contribution in [0.4, 0.5) is 0 Å². The van der Waals surface area contributed by atoms with E-state index in [9.17, 15) is 0 Å². The zero-order valence-corrected chi connectivity index (χ0v) is 5.56. The predicted molar refractivity (Wildman–Crippen MR) is 39.9 cm³/mol. The van der Waals surface area contributed by atoms with E-state index >= 15 is 0 Å². The van der Waals surface area contributed by atoms with Crippen molar-refractivity contribution < 1.29 is 4.74 Å². The van der Waals surface area contributed by atoms with Gasteiger partial charge in [0, 0.05) is 0 Å². The number of rotatable bonds is 2. The third kappa shape index (κ3) is 10.4. The summed E-state index contributed by atoms with van der Waals surface area (Å²) in [7, 11) is 0. The number of hydrogen-bond donors (Lipinski definition) is 0. The van der Waals surface area contributed by atoms with Gasteiger partial charge in [-0.1, -0.05) is 0 Å². The second kappa shape index (κ2) is 6.56. The second-order valence-corrected chi connectivity index (χ2v) is 2.23. The monoisotopic (exact) mass is 192 g/mol. The van der Waals surface area contributed by atoms with Crippen LogP contribution in [-0.2, 0) is 4.74 Å². The van der Waals surface area contributed by atoms with Crippen LogP contribution in [0.3, 0.4) is 0 Å². The minimum absolute atomic E-state index is 0. The van der Waals surface area contributed by atoms with Crippen molar-refractivity contribution in [1.29, 1.82) is 0 Å². The molecule has 0 fully saturated rings. The van der Waals surface area contributed by atoms with Crippen molar-refractivity contribution >= 4 is 45.5 Å². The van der Waals surface area contributed by atoms with Crippen molar-refractivity contribution in [2.75, 3.05) is 0 Å². The van der Waals surface area contributed by atoms with Crippen LogP contribution in [-0.4, -0.2) is 57.7 Å². The summed E-state index contributed by atoms with van der Waals surface area (Å²) < 4.78 is 5.25. The van der Waals surface area contributed by atoms with Gasteiger partial charge < -0.3 is 4.74 Å². The predicted octanol–water partition coefficient (Wildman–Crippen LogP) is 0.904. The fraction of sp³-hybridized carbons (Fsp3) is 1.00. The molecule has 0 aliphatic rings. The normalized spacial score (nSPS) is 9.75. The molecular weight excluding hydrogens is 176 g/mol. The van der Waals surface area contributed by atoms with Crippen LogP contribution in [0.15, 0.2) is 0 Å². The van der Waals surface area contributed by atoms with E-state index in [2.05, 4.69) is 0 Å². The molecule has 0 saturated heterocycles. The minimum atomic E-state index is 0. The van der Waals surface area contributed by atoms with Crippen molar-refractivity contribution in [2.45, 2.75) is 39.9 Å². The zero-order valence-electron chi connectivity index (χ0n) is 5.56. The molecule has 0 amide bonds. The number of ether oxygens (including phenoxy) is 1.